The Morgan fingerprint density at radius 1 is 1.11 bits per heavy atom. The first kappa shape index (κ1) is 20.0. The van der Waals surface area contributed by atoms with Gasteiger partial charge in [-0.2, -0.15) is 0 Å². The minimum atomic E-state index is -0.515. The highest BCUT2D eigenvalue weighted by molar-refractivity contribution is 7.14. The molecule has 3 aromatic rings. The average molecular weight is 415 g/mol. The largest absolute Gasteiger partial charge is 0.456 e. The van der Waals surface area contributed by atoms with Gasteiger partial charge in [0.05, 0.1) is 22.0 Å². The monoisotopic (exact) mass is 414 g/mol. The fourth-order valence-electron chi connectivity index (χ4n) is 2.86. The number of carbonyl (C=O) groups is 2. The van der Waals surface area contributed by atoms with E-state index in [0.29, 0.717) is 21.4 Å². The number of anilines is 2. The summed E-state index contributed by atoms with van der Waals surface area (Å²) >= 11 is 7.35. The van der Waals surface area contributed by atoms with E-state index in [1.165, 1.54) is 18.3 Å². The number of aryl methyl sites for hydroxylation is 2. The second-order valence-electron chi connectivity index (χ2n) is 6.27. The maximum atomic E-state index is 12.3. The van der Waals surface area contributed by atoms with Gasteiger partial charge in [0.1, 0.15) is 6.61 Å². The summed E-state index contributed by atoms with van der Waals surface area (Å²) in [6.45, 7) is 5.42. The van der Waals surface area contributed by atoms with Gasteiger partial charge >= 0.3 is 5.97 Å². The molecule has 5 nitrogen and oxygen atoms in total. The Morgan fingerprint density at radius 3 is 2.43 bits per heavy atom. The van der Waals surface area contributed by atoms with Crippen LogP contribution in [0.5, 0.6) is 0 Å². The van der Waals surface area contributed by atoms with Crippen molar-refractivity contribution >= 4 is 45.6 Å². The van der Waals surface area contributed by atoms with Crippen LogP contribution in [0.1, 0.15) is 34.1 Å². The van der Waals surface area contributed by atoms with Gasteiger partial charge in [-0.15, -0.1) is 11.3 Å². The Labute approximate surface area is 172 Å². The summed E-state index contributed by atoms with van der Waals surface area (Å²) in [5.74, 6) is -0.648. The fourth-order valence-corrected chi connectivity index (χ4v) is 3.93. The van der Waals surface area contributed by atoms with Gasteiger partial charge in [0.25, 0.3) is 0 Å². The van der Waals surface area contributed by atoms with Crippen molar-refractivity contribution in [1.29, 1.82) is 0 Å². The van der Waals surface area contributed by atoms with Crippen molar-refractivity contribution in [2.75, 3.05) is 4.90 Å². The first-order valence-electron chi connectivity index (χ1n) is 8.61. The van der Waals surface area contributed by atoms with Gasteiger partial charge in [0.2, 0.25) is 5.91 Å². The number of aromatic nitrogens is 1. The molecule has 0 bridgehead atoms. The number of halogens is 1. The molecule has 0 N–H and O–H groups in total. The molecule has 2 aromatic carbocycles. The summed E-state index contributed by atoms with van der Waals surface area (Å²) in [6, 6.07) is 12.6. The van der Waals surface area contributed by atoms with E-state index in [-0.39, 0.29) is 12.5 Å². The first-order chi connectivity index (χ1) is 13.4. The average Bonchev–Trinajstić information content (AvgIpc) is 3.11. The molecule has 0 unspecified atom stereocenters. The number of nitrogens with zero attached hydrogens (tertiary/aromatic N) is 2. The molecule has 28 heavy (non-hydrogen) atoms. The molecule has 0 saturated heterocycles. The summed E-state index contributed by atoms with van der Waals surface area (Å²) in [4.78, 5) is 30.6. The number of ether oxygens (including phenoxy) is 1. The lowest BCUT2D eigenvalue weighted by molar-refractivity contribution is -0.115. The van der Waals surface area contributed by atoms with Gasteiger partial charge in [-0.1, -0.05) is 41.9 Å². The topological polar surface area (TPSA) is 59.5 Å². The fraction of sp³-hybridized carbons (Fsp3) is 0.190. The lowest BCUT2D eigenvalue weighted by atomic mass is 10.1. The zero-order valence-electron chi connectivity index (χ0n) is 15.7. The Kier molecular flexibility index (Phi) is 6.11. The second-order valence-corrected chi connectivity index (χ2v) is 7.52. The summed E-state index contributed by atoms with van der Waals surface area (Å²) in [5, 5.41) is 2.65. The van der Waals surface area contributed by atoms with Crippen molar-refractivity contribution in [2.45, 2.75) is 27.4 Å². The van der Waals surface area contributed by atoms with E-state index in [2.05, 4.69) is 4.98 Å². The number of thiazole rings is 1. The maximum Gasteiger partial charge on any atom is 0.340 e. The molecule has 1 amide bonds. The van der Waals surface area contributed by atoms with E-state index in [1.807, 2.05) is 32.0 Å². The summed E-state index contributed by atoms with van der Waals surface area (Å²) in [6.07, 6.45) is 0. The van der Waals surface area contributed by atoms with E-state index in [1.54, 1.807) is 34.5 Å². The standard InChI is InChI=1S/C21H19ClN2O3S/c1-13-7-6-8-14(2)19(13)24(15(3)25)21-23-16(12-28-21)11-27-20(26)17-9-4-5-10-18(17)22/h4-10,12H,11H2,1-3H3. The van der Waals surface area contributed by atoms with Gasteiger partial charge in [0.15, 0.2) is 5.13 Å². The molecule has 0 radical (unpaired) electrons. The number of esters is 1. The van der Waals surface area contributed by atoms with E-state index in [9.17, 15) is 9.59 Å². The normalized spacial score (nSPS) is 10.6. The zero-order valence-corrected chi connectivity index (χ0v) is 17.3. The molecule has 0 spiro atoms. The number of hydrogen-bond acceptors (Lipinski definition) is 5. The minimum absolute atomic E-state index is 0.000937. The Balaban J connectivity index is 1.79. The Bertz CT molecular complexity index is 1010. The summed E-state index contributed by atoms with van der Waals surface area (Å²) in [7, 11) is 0. The van der Waals surface area contributed by atoms with Gasteiger partial charge in [0, 0.05) is 12.3 Å². The van der Waals surface area contributed by atoms with Gasteiger partial charge in [-0.3, -0.25) is 9.69 Å². The van der Waals surface area contributed by atoms with Crippen molar-refractivity contribution in [3.63, 3.8) is 0 Å². The van der Waals surface area contributed by atoms with Crippen LogP contribution in [-0.4, -0.2) is 16.9 Å². The number of hydrogen-bond donors (Lipinski definition) is 0. The van der Waals surface area contributed by atoms with Crippen molar-refractivity contribution in [3.8, 4) is 0 Å². The highest BCUT2D eigenvalue weighted by Crippen LogP contribution is 2.33. The third-order valence-corrected chi connectivity index (χ3v) is 5.36. The van der Waals surface area contributed by atoms with Crippen molar-refractivity contribution in [1.82, 2.24) is 4.98 Å². The van der Waals surface area contributed by atoms with Crippen LogP contribution in [0.25, 0.3) is 0 Å². The molecular formula is C21H19ClN2O3S. The highest BCUT2D eigenvalue weighted by Gasteiger charge is 2.21. The molecule has 7 heteroatoms. The quantitative estimate of drug-likeness (QED) is 0.520. The molecule has 1 aromatic heterocycles. The molecule has 1 heterocycles. The van der Waals surface area contributed by atoms with Crippen LogP contribution in [0.15, 0.2) is 47.8 Å². The van der Waals surface area contributed by atoms with E-state index in [0.717, 1.165) is 16.8 Å². The van der Waals surface area contributed by atoms with Crippen molar-refractivity contribution in [3.05, 3.63) is 75.3 Å². The number of amides is 1. The molecule has 3 rings (SSSR count). The molecule has 0 aliphatic carbocycles. The van der Waals surface area contributed by atoms with Gasteiger partial charge in [-0.25, -0.2) is 9.78 Å². The number of benzene rings is 2. The van der Waals surface area contributed by atoms with Gasteiger partial charge in [-0.05, 0) is 37.1 Å². The van der Waals surface area contributed by atoms with Crippen LogP contribution in [-0.2, 0) is 16.1 Å². The highest BCUT2D eigenvalue weighted by atomic mass is 35.5. The number of para-hydroxylation sites is 1. The predicted molar refractivity (Wildman–Crippen MR) is 111 cm³/mol. The van der Waals surface area contributed by atoms with Crippen molar-refractivity contribution in [2.24, 2.45) is 0 Å². The predicted octanol–water partition coefficient (Wildman–Crippen LogP) is 5.45. The summed E-state index contributed by atoms with van der Waals surface area (Å²) in [5.41, 5.74) is 3.66. The Hall–Kier alpha value is -2.70. The molecule has 144 valence electrons. The van der Waals surface area contributed by atoms with Crippen LogP contribution in [0.2, 0.25) is 5.02 Å². The molecule has 0 saturated carbocycles. The van der Waals surface area contributed by atoms with Crippen LogP contribution >= 0.6 is 22.9 Å². The maximum absolute atomic E-state index is 12.3. The van der Waals surface area contributed by atoms with Gasteiger partial charge < -0.3 is 4.74 Å². The molecule has 0 fully saturated rings. The van der Waals surface area contributed by atoms with E-state index in [4.69, 9.17) is 16.3 Å². The molecule has 0 aliphatic rings. The van der Waals surface area contributed by atoms with Crippen LogP contribution in [0.3, 0.4) is 0 Å². The first-order valence-corrected chi connectivity index (χ1v) is 9.87. The zero-order chi connectivity index (χ0) is 20.3. The van der Waals surface area contributed by atoms with Crippen LogP contribution in [0, 0.1) is 13.8 Å². The number of carbonyl (C=O) groups excluding carboxylic acids is 2. The van der Waals surface area contributed by atoms with E-state index < -0.39 is 5.97 Å². The summed E-state index contributed by atoms with van der Waals surface area (Å²) < 4.78 is 5.32. The minimum Gasteiger partial charge on any atom is -0.456 e. The van der Waals surface area contributed by atoms with Crippen molar-refractivity contribution < 1.29 is 14.3 Å². The third-order valence-electron chi connectivity index (χ3n) is 4.15. The van der Waals surface area contributed by atoms with Crippen LogP contribution < -0.4 is 4.90 Å². The lowest BCUT2D eigenvalue weighted by Crippen LogP contribution is -2.24. The third kappa shape index (κ3) is 4.24. The molecular weight excluding hydrogens is 396 g/mol. The smallest absolute Gasteiger partial charge is 0.340 e. The lowest BCUT2D eigenvalue weighted by Gasteiger charge is -2.22. The molecule has 0 atom stereocenters. The Morgan fingerprint density at radius 2 is 1.79 bits per heavy atom. The second kappa shape index (κ2) is 8.54. The SMILES string of the molecule is CC(=O)N(c1nc(COC(=O)c2ccccc2Cl)cs1)c1c(C)cccc1C. The van der Waals surface area contributed by atoms with Crippen LogP contribution in [0.4, 0.5) is 10.8 Å². The van der Waals surface area contributed by atoms with E-state index >= 15 is 0 Å². The molecule has 0 aliphatic heterocycles. The number of rotatable bonds is 5.